The Morgan fingerprint density at radius 2 is 1.45 bits per heavy atom. The minimum Gasteiger partial charge on any atom is -0.487 e. The Morgan fingerprint density at radius 3 is 2.05 bits per heavy atom. The molecule has 0 unspecified atom stereocenters. The minimum atomic E-state index is -4.94. The van der Waals surface area contributed by atoms with Crippen molar-refractivity contribution in [3.63, 3.8) is 0 Å². The normalized spacial score (nSPS) is 11.8. The Labute approximate surface area is 261 Å². The van der Waals surface area contributed by atoms with E-state index in [1.54, 1.807) is 42.5 Å². The van der Waals surface area contributed by atoms with Crippen molar-refractivity contribution < 1.29 is 43.0 Å². The van der Waals surface area contributed by atoms with Crippen LogP contribution < -0.4 is 20.9 Å². The maximum Gasteiger partial charge on any atom is 0.394 e. The lowest BCUT2D eigenvalue weighted by molar-refractivity contribution is 0.301. The predicted molar refractivity (Wildman–Crippen MR) is 160 cm³/mol. The van der Waals surface area contributed by atoms with Crippen LogP contribution in [-0.2, 0) is 43.8 Å². The lowest BCUT2D eigenvalue weighted by Gasteiger charge is -2.14. The highest BCUT2D eigenvalue weighted by Crippen LogP contribution is 2.33. The van der Waals surface area contributed by atoms with Gasteiger partial charge in [0.25, 0.3) is 0 Å². The molecule has 0 atom stereocenters. The van der Waals surface area contributed by atoms with Gasteiger partial charge in [0.2, 0.25) is 16.0 Å². The number of nitrogens with one attached hydrogen (secondary N) is 1. The van der Waals surface area contributed by atoms with Gasteiger partial charge in [-0.1, -0.05) is 41.4 Å². The van der Waals surface area contributed by atoms with Gasteiger partial charge in [0.15, 0.2) is 0 Å². The van der Waals surface area contributed by atoms with Gasteiger partial charge in [0.05, 0.1) is 25.5 Å². The van der Waals surface area contributed by atoms with Crippen molar-refractivity contribution in [2.45, 2.75) is 22.9 Å². The van der Waals surface area contributed by atoms with E-state index in [1.165, 1.54) is 0 Å². The summed E-state index contributed by atoms with van der Waals surface area (Å²) in [5.74, 6) is 0.482. The van der Waals surface area contributed by atoms with Crippen LogP contribution in [0.4, 0.5) is 15.7 Å². The third-order valence-electron chi connectivity index (χ3n) is 5.39. The SMILES string of the molecule is Nc1nc(N)c(-c2ccc(Cl)c(Cl)c2)c(COc2cccc(CNS(=O)(=O)c3ccc(S(=O)(=O)F)cc3)c2)n1.O=S(=O)(O)O. The van der Waals surface area contributed by atoms with E-state index in [-0.39, 0.29) is 29.8 Å². The topological polar surface area (TPSA) is 242 Å². The lowest BCUT2D eigenvalue weighted by atomic mass is 10.0. The molecule has 0 saturated carbocycles. The van der Waals surface area contributed by atoms with Crippen LogP contribution in [0.2, 0.25) is 10.0 Å². The molecule has 0 aliphatic rings. The van der Waals surface area contributed by atoms with Gasteiger partial charge in [-0.15, -0.1) is 3.89 Å². The zero-order chi connectivity index (χ0) is 32.9. The van der Waals surface area contributed by atoms with Gasteiger partial charge >= 0.3 is 20.6 Å². The van der Waals surface area contributed by atoms with Crippen LogP contribution in [-0.4, -0.2) is 44.3 Å². The van der Waals surface area contributed by atoms with Crippen LogP contribution in [0, 0.1) is 0 Å². The van der Waals surface area contributed by atoms with Crippen molar-refractivity contribution in [2.75, 3.05) is 11.5 Å². The molecule has 0 amide bonds. The summed E-state index contributed by atoms with van der Waals surface area (Å²) in [6.07, 6.45) is 0. The fourth-order valence-electron chi connectivity index (χ4n) is 3.56. The van der Waals surface area contributed by atoms with E-state index in [1.807, 2.05) is 0 Å². The molecule has 4 aromatic rings. The van der Waals surface area contributed by atoms with E-state index in [0.29, 0.717) is 38.2 Å². The standard InChI is InChI=1S/C24H20Cl2FN5O5S2.H2O4S/c25-19-9-4-15(11-20(19)26)22-21(31-24(29)32-23(22)28)13-37-16-3-1-2-14(10-16)12-30-39(35,36)18-7-5-17(6-8-18)38(27,33)34;1-5(2,3)4/h1-11,30H,12-13H2,(H4,28,29,31,32);(H2,1,2,3,4). The van der Waals surface area contributed by atoms with Crippen molar-refractivity contribution in [3.05, 3.63) is 88.0 Å². The first kappa shape index (κ1) is 34.9. The van der Waals surface area contributed by atoms with E-state index in [2.05, 4.69) is 14.7 Å². The van der Waals surface area contributed by atoms with Gasteiger partial charge in [0, 0.05) is 12.1 Å². The molecular formula is C24H22Cl2FN5O9S3. The molecule has 4 rings (SSSR count). The van der Waals surface area contributed by atoms with E-state index < -0.39 is 35.5 Å². The third kappa shape index (κ3) is 10.2. The van der Waals surface area contributed by atoms with Crippen molar-refractivity contribution >= 4 is 65.6 Å². The molecule has 0 aliphatic heterocycles. The molecule has 0 radical (unpaired) electrons. The van der Waals surface area contributed by atoms with Gasteiger partial charge in [-0.25, -0.2) is 18.1 Å². The number of halogens is 3. The summed E-state index contributed by atoms with van der Waals surface area (Å²) >= 11 is 12.2. The Hall–Kier alpha value is -3.62. The number of benzene rings is 3. The molecule has 20 heteroatoms. The smallest absolute Gasteiger partial charge is 0.394 e. The lowest BCUT2D eigenvalue weighted by Crippen LogP contribution is -2.23. The molecule has 0 saturated heterocycles. The first-order valence-corrected chi connectivity index (χ1v) is 16.7. The number of nitrogens with two attached hydrogens (primary N) is 2. The number of nitrogen functional groups attached to an aromatic ring is 2. The molecule has 44 heavy (non-hydrogen) atoms. The van der Waals surface area contributed by atoms with Crippen LogP contribution in [0.1, 0.15) is 11.3 Å². The highest BCUT2D eigenvalue weighted by atomic mass is 35.5. The molecule has 236 valence electrons. The van der Waals surface area contributed by atoms with Crippen LogP contribution in [0.5, 0.6) is 5.75 Å². The quantitative estimate of drug-likeness (QED) is 0.123. The minimum absolute atomic E-state index is 0.0461. The number of rotatable bonds is 9. The van der Waals surface area contributed by atoms with Crippen LogP contribution in [0.25, 0.3) is 11.1 Å². The third-order valence-corrected chi connectivity index (χ3v) is 8.38. The molecule has 7 N–H and O–H groups in total. The number of nitrogens with zero attached hydrogens (tertiary/aromatic N) is 2. The maximum absolute atomic E-state index is 13.1. The number of hydrogen-bond acceptors (Lipinski definition) is 11. The summed E-state index contributed by atoms with van der Waals surface area (Å²) in [7, 11) is -13.6. The monoisotopic (exact) mass is 709 g/mol. The van der Waals surface area contributed by atoms with Gasteiger partial charge in [-0.05, 0) is 59.7 Å². The molecule has 0 bridgehead atoms. The summed E-state index contributed by atoms with van der Waals surface area (Å²) in [6.45, 7) is -0.157. The van der Waals surface area contributed by atoms with Crippen LogP contribution in [0.3, 0.4) is 0 Å². The zero-order valence-corrected chi connectivity index (χ0v) is 25.9. The average molecular weight is 711 g/mol. The Balaban J connectivity index is 0.000000978. The second-order valence-electron chi connectivity index (χ2n) is 8.54. The highest BCUT2D eigenvalue weighted by molar-refractivity contribution is 7.89. The Kier molecular flexibility index (Phi) is 11.1. The predicted octanol–water partition coefficient (Wildman–Crippen LogP) is 3.68. The van der Waals surface area contributed by atoms with E-state index in [9.17, 15) is 20.7 Å². The van der Waals surface area contributed by atoms with Gasteiger partial charge in [0.1, 0.15) is 18.2 Å². The fourth-order valence-corrected chi connectivity index (χ4v) is 5.33. The summed E-state index contributed by atoms with van der Waals surface area (Å²) in [5.41, 5.74) is 13.9. The second kappa shape index (κ2) is 14.0. The van der Waals surface area contributed by atoms with Gasteiger partial charge in [-0.3, -0.25) is 9.11 Å². The molecule has 1 heterocycles. The first-order valence-electron chi connectivity index (χ1n) is 11.7. The highest BCUT2D eigenvalue weighted by Gasteiger charge is 2.18. The van der Waals surface area contributed by atoms with Crippen molar-refractivity contribution in [3.8, 4) is 16.9 Å². The average Bonchev–Trinajstić information content (AvgIpc) is 2.91. The maximum atomic E-state index is 13.1. The number of ether oxygens (including phenoxy) is 1. The van der Waals surface area contributed by atoms with Gasteiger partial charge < -0.3 is 16.2 Å². The molecule has 14 nitrogen and oxygen atoms in total. The summed E-state index contributed by atoms with van der Waals surface area (Å²) in [5, 5.41) is 0.682. The van der Waals surface area contributed by atoms with E-state index >= 15 is 0 Å². The van der Waals surface area contributed by atoms with Crippen molar-refractivity contribution in [1.82, 2.24) is 14.7 Å². The summed E-state index contributed by atoms with van der Waals surface area (Å²) in [4.78, 5) is 7.41. The Morgan fingerprint density at radius 1 is 0.841 bits per heavy atom. The first-order chi connectivity index (χ1) is 20.3. The van der Waals surface area contributed by atoms with Crippen LogP contribution in [0.15, 0.2) is 76.5 Å². The number of hydrogen-bond donors (Lipinski definition) is 5. The molecule has 3 aromatic carbocycles. The van der Waals surface area contributed by atoms with Crippen molar-refractivity contribution in [1.29, 1.82) is 0 Å². The molecule has 0 aliphatic carbocycles. The van der Waals surface area contributed by atoms with Crippen molar-refractivity contribution in [2.24, 2.45) is 0 Å². The van der Waals surface area contributed by atoms with Crippen LogP contribution >= 0.6 is 23.2 Å². The number of aromatic nitrogens is 2. The number of sulfonamides is 1. The Bertz CT molecular complexity index is 1990. The zero-order valence-electron chi connectivity index (χ0n) is 21.9. The molecule has 0 fully saturated rings. The number of anilines is 2. The molecule has 0 spiro atoms. The van der Waals surface area contributed by atoms with Gasteiger partial charge in [-0.2, -0.15) is 21.8 Å². The summed E-state index contributed by atoms with van der Waals surface area (Å²) in [6, 6.07) is 15.3. The summed E-state index contributed by atoms with van der Waals surface area (Å²) < 4.78 is 100. The van der Waals surface area contributed by atoms with E-state index in [4.69, 9.17) is 56.9 Å². The molecule has 1 aromatic heterocycles. The largest absolute Gasteiger partial charge is 0.487 e. The fraction of sp³-hybridized carbons (Fsp3) is 0.0833. The second-order valence-corrected chi connectivity index (χ2v) is 13.4. The molecular weight excluding hydrogens is 688 g/mol. The van der Waals surface area contributed by atoms with E-state index in [0.717, 1.165) is 24.3 Å².